The summed E-state index contributed by atoms with van der Waals surface area (Å²) in [5.74, 6) is 0.890. The van der Waals surface area contributed by atoms with Crippen LogP contribution in [0.1, 0.15) is 5.56 Å². The maximum absolute atomic E-state index is 12.4. The standard InChI is InChI=1S/C32H29N5O/c38-32(21-24-7-3-1-4-8-24)34-27-14-11-25(12-15-27)26-13-16-29-30(22-26)35-31(23-33-29)37-19-17-36(18-20-37)28-9-5-2-6-10-28/h1-16,22-23H,17-21H2,(H,34,38). The zero-order valence-electron chi connectivity index (χ0n) is 21.1. The van der Waals surface area contributed by atoms with Crippen molar-refractivity contribution >= 4 is 34.1 Å². The normalized spacial score (nSPS) is 13.5. The second kappa shape index (κ2) is 10.7. The zero-order chi connectivity index (χ0) is 25.7. The fourth-order valence-electron chi connectivity index (χ4n) is 4.90. The molecular formula is C32H29N5O. The highest BCUT2D eigenvalue weighted by atomic mass is 16.1. The van der Waals surface area contributed by atoms with E-state index in [1.807, 2.05) is 66.9 Å². The van der Waals surface area contributed by atoms with Crippen LogP contribution in [0, 0.1) is 0 Å². The Labute approximate surface area is 222 Å². The monoisotopic (exact) mass is 499 g/mol. The third kappa shape index (κ3) is 5.34. The smallest absolute Gasteiger partial charge is 0.228 e. The van der Waals surface area contributed by atoms with Crippen LogP contribution in [-0.2, 0) is 11.2 Å². The van der Waals surface area contributed by atoms with Gasteiger partial charge in [0, 0.05) is 37.6 Å². The van der Waals surface area contributed by atoms with Crippen molar-refractivity contribution in [3.8, 4) is 11.1 Å². The van der Waals surface area contributed by atoms with Gasteiger partial charge in [0.15, 0.2) is 0 Å². The van der Waals surface area contributed by atoms with Crippen molar-refractivity contribution in [2.45, 2.75) is 6.42 Å². The SMILES string of the molecule is O=C(Cc1ccccc1)Nc1ccc(-c2ccc3ncc(N4CCN(c5ccccc5)CC4)nc3c2)cc1. The number of amides is 1. The molecule has 0 aliphatic carbocycles. The van der Waals surface area contributed by atoms with Crippen molar-refractivity contribution in [3.63, 3.8) is 0 Å². The van der Waals surface area contributed by atoms with E-state index >= 15 is 0 Å². The predicted octanol–water partition coefficient (Wildman–Crippen LogP) is 5.80. The van der Waals surface area contributed by atoms with Crippen LogP contribution in [0.2, 0.25) is 0 Å². The Balaban J connectivity index is 1.13. The molecule has 2 heterocycles. The van der Waals surface area contributed by atoms with E-state index in [1.54, 1.807) is 0 Å². The van der Waals surface area contributed by atoms with E-state index in [0.29, 0.717) is 6.42 Å². The fraction of sp³-hybridized carbons (Fsp3) is 0.156. The Bertz CT molecular complexity index is 1530. The summed E-state index contributed by atoms with van der Waals surface area (Å²) in [7, 11) is 0. The first-order valence-electron chi connectivity index (χ1n) is 13.0. The Morgan fingerprint density at radius 2 is 1.37 bits per heavy atom. The summed E-state index contributed by atoms with van der Waals surface area (Å²) in [6.07, 6.45) is 2.24. The molecule has 1 fully saturated rings. The number of fused-ring (bicyclic) bond motifs is 1. The van der Waals surface area contributed by atoms with Crippen LogP contribution >= 0.6 is 0 Å². The lowest BCUT2D eigenvalue weighted by atomic mass is 10.0. The molecule has 5 aromatic rings. The Hall–Kier alpha value is -4.71. The third-order valence-electron chi connectivity index (χ3n) is 6.96. The van der Waals surface area contributed by atoms with E-state index in [1.165, 1.54) is 5.69 Å². The summed E-state index contributed by atoms with van der Waals surface area (Å²) in [5, 5.41) is 2.99. The lowest BCUT2D eigenvalue weighted by Gasteiger charge is -2.36. The highest BCUT2D eigenvalue weighted by Crippen LogP contribution is 2.26. The molecule has 1 N–H and O–H groups in total. The average molecular weight is 500 g/mol. The maximum Gasteiger partial charge on any atom is 0.228 e. The summed E-state index contributed by atoms with van der Waals surface area (Å²) in [4.78, 5) is 26.8. The quantitative estimate of drug-likeness (QED) is 0.320. The Morgan fingerprint density at radius 3 is 2.11 bits per heavy atom. The molecule has 0 spiro atoms. The summed E-state index contributed by atoms with van der Waals surface area (Å²) in [5.41, 5.74) is 6.94. The van der Waals surface area contributed by atoms with Crippen LogP contribution in [-0.4, -0.2) is 42.1 Å². The number of nitrogens with one attached hydrogen (secondary N) is 1. The number of aromatic nitrogens is 2. The van der Waals surface area contributed by atoms with Gasteiger partial charge in [-0.15, -0.1) is 0 Å². The van der Waals surface area contributed by atoms with Crippen molar-refractivity contribution in [1.82, 2.24) is 9.97 Å². The van der Waals surface area contributed by atoms with E-state index in [4.69, 9.17) is 4.98 Å². The third-order valence-corrected chi connectivity index (χ3v) is 6.96. The molecule has 1 saturated heterocycles. The van der Waals surface area contributed by atoms with Gasteiger partial charge in [0.1, 0.15) is 5.82 Å². The molecular weight excluding hydrogens is 470 g/mol. The highest BCUT2D eigenvalue weighted by molar-refractivity contribution is 5.92. The second-order valence-corrected chi connectivity index (χ2v) is 9.53. The minimum absolute atomic E-state index is 0.0259. The lowest BCUT2D eigenvalue weighted by Crippen LogP contribution is -2.46. The van der Waals surface area contributed by atoms with E-state index in [0.717, 1.165) is 65.4 Å². The topological polar surface area (TPSA) is 61.4 Å². The van der Waals surface area contributed by atoms with E-state index in [-0.39, 0.29) is 5.91 Å². The fourth-order valence-corrected chi connectivity index (χ4v) is 4.90. The van der Waals surface area contributed by atoms with Gasteiger partial charge in [-0.1, -0.05) is 66.7 Å². The van der Waals surface area contributed by atoms with Gasteiger partial charge in [0.2, 0.25) is 5.91 Å². The van der Waals surface area contributed by atoms with Crippen LogP contribution in [0.4, 0.5) is 17.2 Å². The van der Waals surface area contributed by atoms with Crippen LogP contribution in [0.3, 0.4) is 0 Å². The molecule has 0 saturated carbocycles. The molecule has 6 nitrogen and oxygen atoms in total. The molecule has 0 radical (unpaired) electrons. The van der Waals surface area contributed by atoms with Gasteiger partial charge in [0.25, 0.3) is 0 Å². The van der Waals surface area contributed by atoms with Gasteiger partial charge in [0.05, 0.1) is 23.7 Å². The summed E-state index contributed by atoms with van der Waals surface area (Å²) >= 11 is 0. The van der Waals surface area contributed by atoms with Gasteiger partial charge >= 0.3 is 0 Å². The zero-order valence-corrected chi connectivity index (χ0v) is 21.1. The molecule has 1 aliphatic heterocycles. The molecule has 1 amide bonds. The molecule has 0 bridgehead atoms. The molecule has 6 rings (SSSR count). The van der Waals surface area contributed by atoms with E-state index in [2.05, 4.69) is 62.6 Å². The predicted molar refractivity (Wildman–Crippen MR) is 155 cm³/mol. The number of nitrogens with zero attached hydrogens (tertiary/aromatic N) is 4. The van der Waals surface area contributed by atoms with Gasteiger partial charge < -0.3 is 15.1 Å². The number of hydrogen-bond donors (Lipinski definition) is 1. The first-order valence-corrected chi connectivity index (χ1v) is 13.0. The first-order chi connectivity index (χ1) is 18.7. The van der Waals surface area contributed by atoms with E-state index in [9.17, 15) is 4.79 Å². The number of rotatable bonds is 6. The van der Waals surface area contributed by atoms with Crippen molar-refractivity contribution in [1.29, 1.82) is 0 Å². The summed E-state index contributed by atoms with van der Waals surface area (Å²) < 4.78 is 0. The van der Waals surface area contributed by atoms with Crippen molar-refractivity contribution < 1.29 is 4.79 Å². The summed E-state index contributed by atoms with van der Waals surface area (Å²) in [6, 6.07) is 34.4. The Morgan fingerprint density at radius 1 is 0.711 bits per heavy atom. The lowest BCUT2D eigenvalue weighted by molar-refractivity contribution is -0.115. The largest absolute Gasteiger partial charge is 0.368 e. The van der Waals surface area contributed by atoms with Crippen molar-refractivity contribution in [3.05, 3.63) is 115 Å². The first kappa shape index (κ1) is 23.7. The molecule has 1 aliphatic rings. The molecule has 6 heteroatoms. The number of benzene rings is 4. The average Bonchev–Trinajstić information content (AvgIpc) is 2.98. The number of carbonyl (C=O) groups is 1. The number of piperazine rings is 1. The number of carbonyl (C=O) groups excluding carboxylic acids is 1. The van der Waals surface area contributed by atoms with Crippen LogP contribution in [0.15, 0.2) is 109 Å². The number of anilines is 3. The highest BCUT2D eigenvalue weighted by Gasteiger charge is 2.19. The van der Waals surface area contributed by atoms with Crippen molar-refractivity contribution in [2.24, 2.45) is 0 Å². The van der Waals surface area contributed by atoms with Crippen LogP contribution in [0.5, 0.6) is 0 Å². The van der Waals surface area contributed by atoms with Crippen molar-refractivity contribution in [2.75, 3.05) is 41.3 Å². The molecule has 188 valence electrons. The van der Waals surface area contributed by atoms with Crippen LogP contribution < -0.4 is 15.1 Å². The maximum atomic E-state index is 12.4. The number of hydrogen-bond acceptors (Lipinski definition) is 5. The molecule has 38 heavy (non-hydrogen) atoms. The molecule has 0 atom stereocenters. The second-order valence-electron chi connectivity index (χ2n) is 9.53. The minimum atomic E-state index is -0.0259. The Kier molecular flexibility index (Phi) is 6.68. The van der Waals surface area contributed by atoms with E-state index < -0.39 is 0 Å². The van der Waals surface area contributed by atoms with Crippen LogP contribution in [0.25, 0.3) is 22.2 Å². The number of para-hydroxylation sites is 1. The van der Waals surface area contributed by atoms with Gasteiger partial charge in [-0.05, 0) is 53.1 Å². The van der Waals surface area contributed by atoms with Gasteiger partial charge in [-0.25, -0.2) is 4.98 Å². The van der Waals surface area contributed by atoms with Gasteiger partial charge in [-0.3, -0.25) is 9.78 Å². The molecule has 0 unspecified atom stereocenters. The minimum Gasteiger partial charge on any atom is -0.368 e. The summed E-state index contributed by atoms with van der Waals surface area (Å²) in [6.45, 7) is 3.73. The van der Waals surface area contributed by atoms with Gasteiger partial charge in [-0.2, -0.15) is 0 Å². The molecule has 1 aromatic heterocycles. The molecule has 4 aromatic carbocycles.